The van der Waals surface area contributed by atoms with Crippen LogP contribution in [0.25, 0.3) is 0 Å². The van der Waals surface area contributed by atoms with Gasteiger partial charge < -0.3 is 34.8 Å². The maximum atomic E-state index is 12.4. The van der Waals surface area contributed by atoms with Gasteiger partial charge in [0, 0.05) is 23.6 Å². The number of ether oxygens (including phenoxy) is 2. The summed E-state index contributed by atoms with van der Waals surface area (Å²) in [5.41, 5.74) is 0.146. The third-order valence-corrected chi connectivity index (χ3v) is 7.48. The minimum Gasteiger partial charge on any atom is -0.481 e. The van der Waals surface area contributed by atoms with Crippen LogP contribution < -0.4 is 4.74 Å². The molecule has 0 amide bonds. The van der Waals surface area contributed by atoms with Gasteiger partial charge in [-0.15, -0.1) is 0 Å². The van der Waals surface area contributed by atoms with Gasteiger partial charge in [-0.25, -0.2) is 4.79 Å². The lowest BCUT2D eigenvalue weighted by atomic mass is 9.54. The fourth-order valence-corrected chi connectivity index (χ4v) is 5.62. The molecule has 0 bridgehead atoms. The number of hydrogen-bond acceptors (Lipinski definition) is 8. The van der Waals surface area contributed by atoms with Crippen LogP contribution in [0, 0.1) is 6.92 Å². The highest BCUT2D eigenvalue weighted by atomic mass is 16.6. The Bertz CT molecular complexity index is 990. The van der Waals surface area contributed by atoms with Gasteiger partial charge in [-0.3, -0.25) is 4.79 Å². The van der Waals surface area contributed by atoms with Crippen molar-refractivity contribution in [2.24, 2.45) is 0 Å². The first-order valence-corrected chi connectivity index (χ1v) is 10.7. The molecular weight excluding hydrogens is 418 g/mol. The van der Waals surface area contributed by atoms with E-state index in [4.69, 9.17) is 14.6 Å². The number of piperidine rings is 1. The minimum atomic E-state index is -1.87. The second kappa shape index (κ2) is 7.84. The van der Waals surface area contributed by atoms with E-state index in [1.54, 1.807) is 12.1 Å². The van der Waals surface area contributed by atoms with E-state index < -0.39 is 41.6 Å². The van der Waals surface area contributed by atoms with Gasteiger partial charge in [0.1, 0.15) is 11.5 Å². The number of carboxylic acids is 1. The lowest BCUT2D eigenvalue weighted by Crippen LogP contribution is -2.71. The number of aliphatic carboxylic acids is 1. The Kier molecular flexibility index (Phi) is 5.57. The molecule has 2 heterocycles. The summed E-state index contributed by atoms with van der Waals surface area (Å²) in [5, 5.41) is 40.4. The van der Waals surface area contributed by atoms with E-state index in [1.807, 2.05) is 27.0 Å². The highest BCUT2D eigenvalue weighted by Crippen LogP contribution is 2.61. The van der Waals surface area contributed by atoms with Gasteiger partial charge in [-0.2, -0.15) is 0 Å². The average Bonchev–Trinajstić information content (AvgIpc) is 3.11. The Labute approximate surface area is 185 Å². The molecule has 4 rings (SSSR count). The summed E-state index contributed by atoms with van der Waals surface area (Å²) >= 11 is 0. The predicted octanol–water partition coefficient (Wildman–Crippen LogP) is 0.608. The number of nitrogens with zero attached hydrogens (tertiary/aromatic N) is 1. The summed E-state index contributed by atoms with van der Waals surface area (Å²) in [5.74, 6) is -1.73. The topological polar surface area (TPSA) is 137 Å². The molecule has 2 aliphatic heterocycles. The first-order chi connectivity index (χ1) is 15.1. The van der Waals surface area contributed by atoms with Gasteiger partial charge in [0.2, 0.25) is 0 Å². The molecule has 1 aromatic rings. The number of likely N-dealkylation sites (tertiary alicyclic amines) is 1. The van der Waals surface area contributed by atoms with Crippen molar-refractivity contribution in [1.29, 1.82) is 0 Å². The second-order valence-corrected chi connectivity index (χ2v) is 9.05. The van der Waals surface area contributed by atoms with Gasteiger partial charge in [-0.1, -0.05) is 12.1 Å². The Hall–Kier alpha value is -2.46. The molecule has 1 fully saturated rings. The summed E-state index contributed by atoms with van der Waals surface area (Å²) in [6, 6.07) is 3.44. The van der Waals surface area contributed by atoms with Crippen LogP contribution in [-0.2, 0) is 26.3 Å². The van der Waals surface area contributed by atoms with Crippen molar-refractivity contribution >= 4 is 11.9 Å². The molecule has 0 radical (unpaired) electrons. The highest BCUT2D eigenvalue weighted by molar-refractivity contribution is 5.81. The quantitative estimate of drug-likeness (QED) is 0.479. The molecule has 1 aromatic carbocycles. The Morgan fingerprint density at radius 3 is 2.75 bits per heavy atom. The molecule has 174 valence electrons. The van der Waals surface area contributed by atoms with Crippen LogP contribution in [0.5, 0.6) is 5.75 Å². The van der Waals surface area contributed by atoms with Crippen molar-refractivity contribution in [3.05, 3.63) is 40.7 Å². The second-order valence-electron chi connectivity index (χ2n) is 9.05. The third kappa shape index (κ3) is 3.07. The molecule has 1 aliphatic carbocycles. The maximum absolute atomic E-state index is 12.4. The van der Waals surface area contributed by atoms with Crippen LogP contribution in [0.4, 0.5) is 0 Å². The summed E-state index contributed by atoms with van der Waals surface area (Å²) in [4.78, 5) is 25.4. The van der Waals surface area contributed by atoms with E-state index in [9.17, 15) is 24.9 Å². The first kappa shape index (κ1) is 22.7. The van der Waals surface area contributed by atoms with Gasteiger partial charge in [0.15, 0.2) is 12.2 Å². The van der Waals surface area contributed by atoms with Crippen molar-refractivity contribution < 1.29 is 39.5 Å². The highest BCUT2D eigenvalue weighted by Gasteiger charge is 2.69. The predicted molar refractivity (Wildman–Crippen MR) is 112 cm³/mol. The Morgan fingerprint density at radius 1 is 1.38 bits per heavy atom. The zero-order valence-corrected chi connectivity index (χ0v) is 18.4. The largest absolute Gasteiger partial charge is 0.481 e. The molecule has 9 nitrogen and oxygen atoms in total. The number of fused-ring (bicyclic) bond motifs is 1. The molecular formula is C23H29NO8. The van der Waals surface area contributed by atoms with Gasteiger partial charge in [0.25, 0.3) is 0 Å². The lowest BCUT2D eigenvalue weighted by Gasteiger charge is -2.58. The van der Waals surface area contributed by atoms with Crippen molar-refractivity contribution in [2.75, 3.05) is 13.6 Å². The van der Waals surface area contributed by atoms with E-state index in [0.717, 1.165) is 11.1 Å². The van der Waals surface area contributed by atoms with Crippen LogP contribution in [0.3, 0.4) is 0 Å². The molecule has 5 atom stereocenters. The smallest absolute Gasteiger partial charge is 0.333 e. The SMILES string of the molecule is Cc1ccc(CO)c2c1[C@]13CCN(C)[C@H](C)[C@]1(O)CC=C(OC(=O)C[C@@H](O)C(=O)O)[C@@H]3O2. The van der Waals surface area contributed by atoms with Gasteiger partial charge in [0.05, 0.1) is 24.0 Å². The number of aliphatic hydroxyl groups excluding tert-OH is 2. The monoisotopic (exact) mass is 447 g/mol. The Morgan fingerprint density at radius 2 is 2.09 bits per heavy atom. The number of aryl methyl sites for hydroxylation is 1. The van der Waals surface area contributed by atoms with Crippen molar-refractivity contribution in [1.82, 2.24) is 4.90 Å². The van der Waals surface area contributed by atoms with Crippen molar-refractivity contribution in [3.8, 4) is 5.75 Å². The van der Waals surface area contributed by atoms with Gasteiger partial charge >= 0.3 is 11.9 Å². The third-order valence-electron chi connectivity index (χ3n) is 7.48. The fourth-order valence-electron chi connectivity index (χ4n) is 5.62. The molecule has 0 saturated carbocycles. The van der Waals surface area contributed by atoms with Crippen LogP contribution in [0.1, 0.15) is 42.9 Å². The standard InChI is InChI=1S/C23H29NO8/c1-12-4-5-14(11-25)19-18(12)22-8-9-24(3)13(2)23(22,30)7-6-16(20(22)32-19)31-17(27)10-15(26)21(28)29/h4-6,13,15,20,25-26,30H,7-11H2,1-3H3,(H,28,29)/t13-,15-,20+,22+,23-/m1/s1. The van der Waals surface area contributed by atoms with E-state index >= 15 is 0 Å². The number of rotatable bonds is 5. The molecule has 32 heavy (non-hydrogen) atoms. The van der Waals surface area contributed by atoms with E-state index in [-0.39, 0.29) is 24.8 Å². The fraction of sp³-hybridized carbons (Fsp3) is 0.565. The number of carbonyl (C=O) groups excluding carboxylic acids is 1. The van der Waals surface area contributed by atoms with E-state index in [2.05, 4.69) is 4.90 Å². The summed E-state index contributed by atoms with van der Waals surface area (Å²) in [7, 11) is 1.95. The maximum Gasteiger partial charge on any atom is 0.333 e. The molecule has 3 aliphatic rings. The molecule has 0 unspecified atom stereocenters. The van der Waals surface area contributed by atoms with E-state index in [0.29, 0.717) is 24.3 Å². The number of benzene rings is 1. The zero-order chi connectivity index (χ0) is 23.4. The number of aliphatic hydroxyl groups is 3. The lowest BCUT2D eigenvalue weighted by molar-refractivity contribution is -0.164. The van der Waals surface area contributed by atoms with Crippen molar-refractivity contribution in [3.63, 3.8) is 0 Å². The van der Waals surface area contributed by atoms with E-state index in [1.165, 1.54) is 0 Å². The van der Waals surface area contributed by atoms with Gasteiger partial charge in [-0.05, 0) is 45.5 Å². The first-order valence-electron chi connectivity index (χ1n) is 10.7. The molecule has 9 heteroatoms. The molecule has 0 aromatic heterocycles. The number of carbonyl (C=O) groups is 2. The van der Waals surface area contributed by atoms with Crippen LogP contribution in [0.2, 0.25) is 0 Å². The average molecular weight is 447 g/mol. The summed E-state index contributed by atoms with van der Waals surface area (Å²) in [6.45, 7) is 4.31. The number of esters is 1. The summed E-state index contributed by atoms with van der Waals surface area (Å²) < 4.78 is 11.8. The number of carboxylic acid groups (broad SMARTS) is 1. The molecule has 1 spiro atoms. The molecule has 1 saturated heterocycles. The van der Waals surface area contributed by atoms with Crippen molar-refractivity contribution in [2.45, 2.75) is 69.0 Å². The van der Waals surface area contributed by atoms with Crippen LogP contribution >= 0.6 is 0 Å². The summed E-state index contributed by atoms with van der Waals surface area (Å²) in [6.07, 6.45) is -1.06. The number of hydrogen-bond donors (Lipinski definition) is 4. The van der Waals surface area contributed by atoms with Crippen LogP contribution in [-0.4, -0.2) is 74.7 Å². The minimum absolute atomic E-state index is 0.188. The normalized spacial score (nSPS) is 32.1. The van der Waals surface area contributed by atoms with Crippen LogP contribution in [0.15, 0.2) is 24.0 Å². The molecule has 4 N–H and O–H groups in total. The number of likely N-dealkylation sites (N-methyl/N-ethyl adjacent to an activating group) is 1. The Balaban J connectivity index is 1.81. The zero-order valence-electron chi connectivity index (χ0n) is 18.4.